The summed E-state index contributed by atoms with van der Waals surface area (Å²) in [5, 5.41) is 0. The molecule has 1 fully saturated rings. The van der Waals surface area contributed by atoms with E-state index >= 15 is 0 Å². The summed E-state index contributed by atoms with van der Waals surface area (Å²) in [6.07, 6.45) is 0.511. The summed E-state index contributed by atoms with van der Waals surface area (Å²) in [6, 6.07) is 2.33. The molecule has 5 heteroatoms. The van der Waals surface area contributed by atoms with Crippen LogP contribution < -0.4 is 0 Å². The minimum Gasteiger partial charge on any atom is -0.469 e. The van der Waals surface area contributed by atoms with Gasteiger partial charge in [0.2, 0.25) is 0 Å². The van der Waals surface area contributed by atoms with Crippen LogP contribution in [0.1, 0.15) is 40.2 Å². The number of esters is 1. The van der Waals surface area contributed by atoms with Crippen molar-refractivity contribution in [3.05, 3.63) is 33.9 Å². The number of carbonyl (C=O) groups excluding carboxylic acids is 1. The van der Waals surface area contributed by atoms with Crippen LogP contribution >= 0.6 is 37.2 Å². The SMILES string of the molecule is COC(=O)CC1CN(C)CC1c1cc(C)c(C)c(C)c1C.II. The molecule has 3 nitrogen and oxygen atoms in total. The number of likely N-dealkylation sites (tertiary alicyclic amines) is 1. The fourth-order valence-corrected chi connectivity index (χ4v) is 3.57. The summed E-state index contributed by atoms with van der Waals surface area (Å²) in [5.41, 5.74) is 6.91. The van der Waals surface area contributed by atoms with E-state index in [2.05, 4.69) is 82.9 Å². The molecular weight excluding hydrogens is 516 g/mol. The van der Waals surface area contributed by atoms with Crippen LogP contribution in [-0.4, -0.2) is 38.1 Å². The molecule has 1 aromatic rings. The highest BCUT2D eigenvalue weighted by Gasteiger charge is 2.34. The van der Waals surface area contributed by atoms with Crippen LogP contribution in [0.25, 0.3) is 0 Å². The fourth-order valence-electron chi connectivity index (χ4n) is 3.57. The van der Waals surface area contributed by atoms with E-state index in [1.54, 1.807) is 0 Å². The van der Waals surface area contributed by atoms with Crippen LogP contribution in [-0.2, 0) is 9.53 Å². The average Bonchev–Trinajstić information content (AvgIpc) is 2.90. The maximum absolute atomic E-state index is 11.7. The van der Waals surface area contributed by atoms with Crippen molar-refractivity contribution in [2.75, 3.05) is 27.2 Å². The van der Waals surface area contributed by atoms with Gasteiger partial charge in [-0.1, -0.05) is 6.07 Å². The fraction of sp³-hybridized carbons (Fsp3) is 0.611. The normalized spacial score (nSPS) is 20.9. The summed E-state index contributed by atoms with van der Waals surface area (Å²) in [6.45, 7) is 10.8. The van der Waals surface area contributed by atoms with Crippen molar-refractivity contribution in [3.8, 4) is 0 Å². The first-order chi connectivity index (χ1) is 10.8. The predicted octanol–water partition coefficient (Wildman–Crippen LogP) is 4.90. The molecule has 1 aromatic carbocycles. The van der Waals surface area contributed by atoms with E-state index in [0.717, 1.165) is 13.1 Å². The van der Waals surface area contributed by atoms with E-state index in [0.29, 0.717) is 18.3 Å². The summed E-state index contributed by atoms with van der Waals surface area (Å²) in [5.74, 6) is 0.674. The molecular formula is C18H27I2NO2. The van der Waals surface area contributed by atoms with E-state index in [1.807, 2.05) is 0 Å². The standard InChI is InChI=1S/C18H27NO2.I2/c1-11-7-16(14(4)13(3)12(11)2)17-10-19(5)9-15(17)8-18(20)21-6;1-2/h7,15,17H,8-10H2,1-6H3;. The number of nitrogens with zero attached hydrogens (tertiary/aromatic N) is 1. The van der Waals surface area contributed by atoms with Crippen molar-refractivity contribution in [3.63, 3.8) is 0 Å². The summed E-state index contributed by atoms with van der Waals surface area (Å²) in [7, 11) is 3.61. The number of ether oxygens (including phenoxy) is 1. The van der Waals surface area contributed by atoms with E-state index in [9.17, 15) is 4.79 Å². The van der Waals surface area contributed by atoms with Crippen LogP contribution in [0.5, 0.6) is 0 Å². The molecule has 0 aliphatic carbocycles. The van der Waals surface area contributed by atoms with E-state index in [-0.39, 0.29) is 5.97 Å². The molecule has 0 bridgehead atoms. The van der Waals surface area contributed by atoms with Crippen molar-refractivity contribution in [2.45, 2.75) is 40.0 Å². The minimum absolute atomic E-state index is 0.0986. The van der Waals surface area contributed by atoms with Crippen molar-refractivity contribution in [1.29, 1.82) is 0 Å². The highest BCUT2D eigenvalue weighted by Crippen LogP contribution is 2.38. The molecule has 2 rings (SSSR count). The second-order valence-corrected chi connectivity index (χ2v) is 6.53. The minimum atomic E-state index is -0.0986. The number of methoxy groups -OCH3 is 1. The highest BCUT2D eigenvalue weighted by atomic mass is 128. The largest absolute Gasteiger partial charge is 0.469 e. The van der Waals surface area contributed by atoms with Gasteiger partial charge in [-0.15, -0.1) is 0 Å². The first-order valence-corrected chi connectivity index (χ1v) is 14.1. The van der Waals surface area contributed by atoms with Crippen LogP contribution in [0.2, 0.25) is 0 Å². The van der Waals surface area contributed by atoms with Gasteiger partial charge in [0.25, 0.3) is 0 Å². The highest BCUT2D eigenvalue weighted by molar-refractivity contribution is 15.0. The van der Waals surface area contributed by atoms with Gasteiger partial charge in [0, 0.05) is 56.2 Å². The van der Waals surface area contributed by atoms with Crippen LogP contribution in [0, 0.1) is 33.6 Å². The Morgan fingerprint density at radius 2 is 1.78 bits per heavy atom. The molecule has 23 heavy (non-hydrogen) atoms. The van der Waals surface area contributed by atoms with Gasteiger partial charge >= 0.3 is 5.97 Å². The van der Waals surface area contributed by atoms with Gasteiger partial charge in [0.05, 0.1) is 13.5 Å². The molecule has 2 unspecified atom stereocenters. The lowest BCUT2D eigenvalue weighted by Gasteiger charge is -2.23. The number of likely N-dealkylation sites (N-methyl/N-ethyl adjacent to an activating group) is 1. The topological polar surface area (TPSA) is 29.5 Å². The Balaban J connectivity index is 0.00000127. The van der Waals surface area contributed by atoms with Gasteiger partial charge in [-0.2, -0.15) is 0 Å². The third-order valence-electron chi connectivity index (χ3n) is 5.20. The van der Waals surface area contributed by atoms with Gasteiger partial charge in [-0.05, 0) is 68.5 Å². The lowest BCUT2D eigenvalue weighted by atomic mass is 9.81. The number of aryl methyl sites for hydroxylation is 1. The Kier molecular flexibility index (Phi) is 8.79. The zero-order chi connectivity index (χ0) is 17.7. The number of halogens is 2. The molecule has 0 spiro atoms. The summed E-state index contributed by atoms with van der Waals surface area (Å²) >= 11 is 4.24. The van der Waals surface area contributed by atoms with Gasteiger partial charge < -0.3 is 9.64 Å². The Morgan fingerprint density at radius 3 is 2.35 bits per heavy atom. The van der Waals surface area contributed by atoms with Crippen LogP contribution in [0.4, 0.5) is 0 Å². The molecule has 0 aromatic heterocycles. The number of carbonyl (C=O) groups is 1. The van der Waals surface area contributed by atoms with E-state index in [4.69, 9.17) is 4.74 Å². The Hall–Kier alpha value is 0.110. The Morgan fingerprint density at radius 1 is 1.17 bits per heavy atom. The first kappa shape index (κ1) is 21.2. The maximum atomic E-state index is 11.7. The van der Waals surface area contributed by atoms with Gasteiger partial charge in [0.15, 0.2) is 0 Å². The van der Waals surface area contributed by atoms with Crippen molar-refractivity contribution >= 4 is 43.2 Å². The Bertz CT molecular complexity index is 560. The number of rotatable bonds is 3. The summed E-state index contributed by atoms with van der Waals surface area (Å²) < 4.78 is 4.87. The first-order valence-electron chi connectivity index (χ1n) is 7.82. The maximum Gasteiger partial charge on any atom is 0.305 e. The Labute approximate surface area is 163 Å². The third-order valence-corrected chi connectivity index (χ3v) is 5.20. The number of hydrogen-bond donors (Lipinski definition) is 0. The second-order valence-electron chi connectivity index (χ2n) is 6.53. The van der Waals surface area contributed by atoms with Crippen molar-refractivity contribution < 1.29 is 9.53 Å². The molecule has 0 N–H and O–H groups in total. The van der Waals surface area contributed by atoms with Crippen LogP contribution in [0.3, 0.4) is 0 Å². The molecule has 1 saturated heterocycles. The molecule has 1 heterocycles. The molecule has 2 atom stereocenters. The predicted molar refractivity (Wildman–Crippen MR) is 114 cm³/mol. The zero-order valence-electron chi connectivity index (χ0n) is 14.9. The smallest absolute Gasteiger partial charge is 0.305 e. The van der Waals surface area contributed by atoms with Crippen molar-refractivity contribution in [2.24, 2.45) is 5.92 Å². The molecule has 0 saturated carbocycles. The molecule has 130 valence electrons. The van der Waals surface area contributed by atoms with E-state index in [1.165, 1.54) is 34.9 Å². The van der Waals surface area contributed by atoms with Crippen molar-refractivity contribution in [1.82, 2.24) is 4.90 Å². The number of benzene rings is 1. The zero-order valence-corrected chi connectivity index (χ0v) is 19.2. The van der Waals surface area contributed by atoms with Gasteiger partial charge in [-0.3, -0.25) is 4.79 Å². The average molecular weight is 543 g/mol. The molecule has 0 amide bonds. The summed E-state index contributed by atoms with van der Waals surface area (Å²) in [4.78, 5) is 14.0. The lowest BCUT2D eigenvalue weighted by molar-refractivity contribution is -0.141. The second kappa shape index (κ2) is 9.56. The molecule has 1 aliphatic heterocycles. The van der Waals surface area contributed by atoms with Gasteiger partial charge in [0.1, 0.15) is 0 Å². The monoisotopic (exact) mass is 543 g/mol. The van der Waals surface area contributed by atoms with E-state index < -0.39 is 0 Å². The third kappa shape index (κ3) is 5.04. The lowest BCUT2D eigenvalue weighted by Crippen LogP contribution is -2.18. The van der Waals surface area contributed by atoms with Crippen LogP contribution in [0.15, 0.2) is 6.07 Å². The van der Waals surface area contributed by atoms with Gasteiger partial charge in [-0.25, -0.2) is 0 Å². The number of hydrogen-bond acceptors (Lipinski definition) is 3. The quantitative estimate of drug-likeness (QED) is 0.402. The molecule has 0 radical (unpaired) electrons. The molecule has 1 aliphatic rings.